The van der Waals surface area contributed by atoms with Crippen molar-refractivity contribution in [1.29, 1.82) is 0 Å². The molecule has 6 nitrogen and oxygen atoms in total. The van der Waals surface area contributed by atoms with E-state index in [0.717, 1.165) is 0 Å². The second kappa shape index (κ2) is 4.89. The Kier molecular flexibility index (Phi) is 3.29. The van der Waals surface area contributed by atoms with Crippen molar-refractivity contribution < 1.29 is 24.3 Å². The van der Waals surface area contributed by atoms with Crippen molar-refractivity contribution >= 4 is 5.97 Å². The van der Waals surface area contributed by atoms with Gasteiger partial charge in [-0.3, -0.25) is 0 Å². The molecule has 0 amide bonds. The normalized spacial score (nSPS) is 10.5. The van der Waals surface area contributed by atoms with Crippen molar-refractivity contribution in [2.75, 3.05) is 7.11 Å². The number of hydrogen-bond acceptors (Lipinski definition) is 5. The van der Waals surface area contributed by atoms with Crippen LogP contribution in [0, 0.1) is 0 Å². The monoisotopic (exact) mass is 249 g/mol. The number of ether oxygens (including phenoxy) is 1. The predicted octanol–water partition coefficient (Wildman–Crippen LogP) is 1.89. The molecule has 0 saturated carbocycles. The fourth-order valence-electron chi connectivity index (χ4n) is 1.51. The molecule has 0 radical (unpaired) electrons. The van der Waals surface area contributed by atoms with Crippen LogP contribution in [-0.2, 0) is 11.3 Å². The molecule has 0 fully saturated rings. The van der Waals surface area contributed by atoms with Crippen LogP contribution in [0.1, 0.15) is 16.1 Å². The Labute approximate surface area is 102 Å². The zero-order valence-corrected chi connectivity index (χ0v) is 9.58. The number of carboxylic acids is 1. The Bertz CT molecular complexity index is 576. The van der Waals surface area contributed by atoms with E-state index in [1.807, 2.05) is 0 Å². The number of phenols is 1. The quantitative estimate of drug-likeness (QED) is 0.859. The van der Waals surface area contributed by atoms with Gasteiger partial charge in [0.2, 0.25) is 5.76 Å². The Balaban J connectivity index is 2.33. The van der Waals surface area contributed by atoms with E-state index in [9.17, 15) is 9.90 Å². The van der Waals surface area contributed by atoms with E-state index in [0.29, 0.717) is 23.4 Å². The Morgan fingerprint density at radius 2 is 2.22 bits per heavy atom. The summed E-state index contributed by atoms with van der Waals surface area (Å²) in [6.07, 6.45) is 0. The van der Waals surface area contributed by atoms with Crippen LogP contribution in [0.25, 0.3) is 11.3 Å². The van der Waals surface area contributed by atoms with E-state index in [1.165, 1.54) is 19.2 Å². The maximum atomic E-state index is 10.7. The van der Waals surface area contributed by atoms with Gasteiger partial charge < -0.3 is 19.5 Å². The standard InChI is InChI=1S/C12H11NO5/c1-17-6-8-3-2-7(4-10(8)14)9-5-11(12(15)16)18-13-9/h2-5,14H,6H2,1H3,(H,15,16). The lowest BCUT2D eigenvalue weighted by molar-refractivity contribution is 0.0652. The van der Waals surface area contributed by atoms with Gasteiger partial charge in [-0.2, -0.15) is 0 Å². The lowest BCUT2D eigenvalue weighted by Gasteiger charge is -2.04. The molecule has 94 valence electrons. The molecule has 0 aliphatic carbocycles. The largest absolute Gasteiger partial charge is 0.508 e. The molecule has 0 aliphatic heterocycles. The lowest BCUT2D eigenvalue weighted by atomic mass is 10.1. The first kappa shape index (κ1) is 12.1. The highest BCUT2D eigenvalue weighted by Gasteiger charge is 2.13. The fraction of sp³-hybridized carbons (Fsp3) is 0.167. The molecule has 0 bridgehead atoms. The highest BCUT2D eigenvalue weighted by Crippen LogP contribution is 2.26. The number of hydrogen-bond donors (Lipinski definition) is 2. The Hall–Kier alpha value is -2.34. The number of phenolic OH excluding ortho intramolecular Hbond substituents is 1. The molecule has 0 aliphatic rings. The van der Waals surface area contributed by atoms with Crippen molar-refractivity contribution in [3.05, 3.63) is 35.6 Å². The predicted molar refractivity (Wildman–Crippen MR) is 61.3 cm³/mol. The minimum atomic E-state index is -1.19. The summed E-state index contributed by atoms with van der Waals surface area (Å²) in [4.78, 5) is 10.7. The van der Waals surface area contributed by atoms with E-state index in [4.69, 9.17) is 9.84 Å². The SMILES string of the molecule is COCc1ccc(-c2cc(C(=O)O)on2)cc1O. The number of carbonyl (C=O) groups is 1. The van der Waals surface area contributed by atoms with Gasteiger partial charge >= 0.3 is 5.97 Å². The van der Waals surface area contributed by atoms with E-state index in [1.54, 1.807) is 12.1 Å². The molecule has 0 spiro atoms. The van der Waals surface area contributed by atoms with Crippen LogP contribution in [0.15, 0.2) is 28.8 Å². The number of benzene rings is 1. The fourth-order valence-corrected chi connectivity index (χ4v) is 1.51. The average molecular weight is 249 g/mol. The van der Waals surface area contributed by atoms with Gasteiger partial charge in [-0.05, 0) is 6.07 Å². The van der Waals surface area contributed by atoms with Gasteiger partial charge in [-0.15, -0.1) is 0 Å². The molecule has 2 rings (SSSR count). The molecule has 0 unspecified atom stereocenters. The maximum absolute atomic E-state index is 10.7. The van der Waals surface area contributed by atoms with Crippen LogP contribution < -0.4 is 0 Å². The second-order valence-electron chi connectivity index (χ2n) is 3.66. The number of aromatic hydroxyl groups is 1. The molecule has 1 heterocycles. The van der Waals surface area contributed by atoms with Crippen molar-refractivity contribution in [3.8, 4) is 17.0 Å². The first-order valence-electron chi connectivity index (χ1n) is 5.13. The van der Waals surface area contributed by atoms with Crippen molar-refractivity contribution in [3.63, 3.8) is 0 Å². The van der Waals surface area contributed by atoms with Crippen LogP contribution in [-0.4, -0.2) is 28.4 Å². The van der Waals surface area contributed by atoms with E-state index >= 15 is 0 Å². The maximum Gasteiger partial charge on any atom is 0.374 e. The average Bonchev–Trinajstić information content (AvgIpc) is 2.81. The number of methoxy groups -OCH3 is 1. The molecule has 6 heteroatoms. The van der Waals surface area contributed by atoms with Crippen LogP contribution in [0.4, 0.5) is 0 Å². The number of nitrogens with zero attached hydrogens (tertiary/aromatic N) is 1. The van der Waals surface area contributed by atoms with Crippen molar-refractivity contribution in [2.24, 2.45) is 0 Å². The molecule has 2 aromatic rings. The summed E-state index contributed by atoms with van der Waals surface area (Å²) in [5.74, 6) is -1.37. The second-order valence-corrected chi connectivity index (χ2v) is 3.66. The highest BCUT2D eigenvalue weighted by molar-refractivity contribution is 5.85. The smallest absolute Gasteiger partial charge is 0.374 e. The molecular formula is C12H11NO5. The minimum absolute atomic E-state index is 0.0641. The third-order valence-corrected chi connectivity index (χ3v) is 2.40. The first-order valence-corrected chi connectivity index (χ1v) is 5.13. The van der Waals surface area contributed by atoms with Crippen LogP contribution in [0.2, 0.25) is 0 Å². The Morgan fingerprint density at radius 1 is 1.44 bits per heavy atom. The van der Waals surface area contributed by atoms with Gasteiger partial charge in [-0.25, -0.2) is 4.79 Å². The summed E-state index contributed by atoms with van der Waals surface area (Å²) < 4.78 is 9.56. The molecular weight excluding hydrogens is 238 g/mol. The number of rotatable bonds is 4. The topological polar surface area (TPSA) is 92.8 Å². The first-order chi connectivity index (χ1) is 8.61. The van der Waals surface area contributed by atoms with Gasteiger partial charge in [0, 0.05) is 24.3 Å². The van der Waals surface area contributed by atoms with Gasteiger partial charge in [0.25, 0.3) is 0 Å². The van der Waals surface area contributed by atoms with Crippen molar-refractivity contribution in [2.45, 2.75) is 6.61 Å². The molecule has 0 saturated heterocycles. The van der Waals surface area contributed by atoms with E-state index < -0.39 is 5.97 Å². The molecule has 1 aromatic heterocycles. The molecule has 2 N–H and O–H groups in total. The lowest BCUT2D eigenvalue weighted by Crippen LogP contribution is -1.91. The summed E-state index contributed by atoms with van der Waals surface area (Å²) >= 11 is 0. The van der Waals surface area contributed by atoms with Gasteiger partial charge in [-0.1, -0.05) is 17.3 Å². The number of aromatic carboxylic acids is 1. The van der Waals surface area contributed by atoms with E-state index in [2.05, 4.69) is 9.68 Å². The highest BCUT2D eigenvalue weighted by atomic mass is 16.5. The third-order valence-electron chi connectivity index (χ3n) is 2.40. The number of carboxylic acid groups (broad SMARTS) is 1. The summed E-state index contributed by atoms with van der Waals surface area (Å²) in [6, 6.07) is 6.17. The number of aromatic nitrogens is 1. The van der Waals surface area contributed by atoms with Crippen LogP contribution in [0.5, 0.6) is 5.75 Å². The van der Waals surface area contributed by atoms with Gasteiger partial charge in [0.15, 0.2) is 0 Å². The van der Waals surface area contributed by atoms with Gasteiger partial charge in [0.05, 0.1) is 6.61 Å². The molecule has 1 aromatic carbocycles. The minimum Gasteiger partial charge on any atom is -0.508 e. The van der Waals surface area contributed by atoms with Crippen molar-refractivity contribution in [1.82, 2.24) is 5.16 Å². The third kappa shape index (κ3) is 2.33. The zero-order valence-electron chi connectivity index (χ0n) is 9.58. The van der Waals surface area contributed by atoms with Crippen LogP contribution in [0.3, 0.4) is 0 Å². The summed E-state index contributed by atoms with van der Waals surface area (Å²) in [7, 11) is 1.53. The molecule has 0 atom stereocenters. The Morgan fingerprint density at radius 3 is 2.78 bits per heavy atom. The zero-order chi connectivity index (χ0) is 13.1. The summed E-state index contributed by atoms with van der Waals surface area (Å²) in [5.41, 5.74) is 1.57. The van der Waals surface area contributed by atoms with E-state index in [-0.39, 0.29) is 11.5 Å². The summed E-state index contributed by atoms with van der Waals surface area (Å²) in [5, 5.41) is 22.1. The van der Waals surface area contributed by atoms with Gasteiger partial charge in [0.1, 0.15) is 11.4 Å². The van der Waals surface area contributed by atoms with Crippen LogP contribution >= 0.6 is 0 Å². The summed E-state index contributed by atoms with van der Waals surface area (Å²) in [6.45, 7) is 0.297. The molecule has 18 heavy (non-hydrogen) atoms.